The Balaban J connectivity index is 1.89. The zero-order valence-electron chi connectivity index (χ0n) is 13.3. The van der Waals surface area contributed by atoms with Crippen molar-refractivity contribution in [3.05, 3.63) is 72.8 Å². The molecule has 0 saturated carbocycles. The average molecular weight is 340 g/mol. The molecule has 0 saturated heterocycles. The number of benzene rings is 1. The van der Waals surface area contributed by atoms with E-state index in [2.05, 4.69) is 28.7 Å². The van der Waals surface area contributed by atoms with Crippen LogP contribution in [0.15, 0.2) is 66.6 Å². The molecule has 1 atom stereocenters. The van der Waals surface area contributed by atoms with Crippen LogP contribution in [0.4, 0.5) is 4.39 Å². The maximum atomic E-state index is 13.1. The second kappa shape index (κ2) is 7.40. The smallest absolute Gasteiger partial charge is 0.192 e. The van der Waals surface area contributed by atoms with Gasteiger partial charge in [-0.25, -0.2) is 4.39 Å². The largest absolute Gasteiger partial charge is 0.298 e. The lowest BCUT2D eigenvalue weighted by atomic mass is 10.2. The summed E-state index contributed by atoms with van der Waals surface area (Å²) in [6.45, 7) is 6.50. The van der Waals surface area contributed by atoms with Crippen LogP contribution in [0.3, 0.4) is 0 Å². The number of aromatic nitrogens is 4. The summed E-state index contributed by atoms with van der Waals surface area (Å²) in [5.74, 6) is 0.553. The molecule has 3 aromatic rings. The molecule has 4 nitrogen and oxygen atoms in total. The maximum absolute atomic E-state index is 13.1. The van der Waals surface area contributed by atoms with Crippen molar-refractivity contribution in [2.24, 2.45) is 0 Å². The van der Waals surface area contributed by atoms with Gasteiger partial charge in [0.2, 0.25) is 0 Å². The summed E-state index contributed by atoms with van der Waals surface area (Å²) in [4.78, 5) is 4.04. The third-order valence-corrected chi connectivity index (χ3v) is 4.73. The molecule has 1 aromatic carbocycles. The van der Waals surface area contributed by atoms with E-state index in [4.69, 9.17) is 0 Å². The highest BCUT2D eigenvalue weighted by molar-refractivity contribution is 7.99. The normalized spacial score (nSPS) is 12.1. The van der Waals surface area contributed by atoms with E-state index in [9.17, 15) is 4.39 Å². The minimum atomic E-state index is -0.231. The second-order valence-corrected chi connectivity index (χ2v) is 6.56. The molecular weight excluding hydrogens is 323 g/mol. The van der Waals surface area contributed by atoms with Crippen LogP contribution in [0.2, 0.25) is 0 Å². The van der Waals surface area contributed by atoms with Crippen molar-refractivity contribution < 1.29 is 4.39 Å². The molecule has 3 rings (SSSR count). The van der Waals surface area contributed by atoms with E-state index >= 15 is 0 Å². The van der Waals surface area contributed by atoms with Crippen LogP contribution >= 0.6 is 11.8 Å². The van der Waals surface area contributed by atoms with E-state index in [0.29, 0.717) is 6.54 Å². The molecule has 1 unspecified atom stereocenters. The Morgan fingerprint density at radius 3 is 2.54 bits per heavy atom. The molecule has 0 aliphatic heterocycles. The number of allylic oxidation sites excluding steroid dienone is 1. The summed E-state index contributed by atoms with van der Waals surface area (Å²) in [6.07, 6.45) is 5.28. The Morgan fingerprint density at radius 1 is 1.17 bits per heavy atom. The molecule has 24 heavy (non-hydrogen) atoms. The number of rotatable bonds is 6. The molecule has 0 aliphatic rings. The van der Waals surface area contributed by atoms with Gasteiger partial charge in [0.25, 0.3) is 0 Å². The van der Waals surface area contributed by atoms with Crippen LogP contribution in [-0.2, 0) is 6.54 Å². The van der Waals surface area contributed by atoms with Gasteiger partial charge in [0.1, 0.15) is 5.82 Å². The standard InChI is InChI=1S/C18H17FN4S/c1-3-12-23-17(15-8-10-20-11-9-15)21-22-18(23)24-13(2)14-4-6-16(19)7-5-14/h3-11,13H,1,12H2,2H3. The van der Waals surface area contributed by atoms with Crippen molar-refractivity contribution >= 4 is 11.8 Å². The third-order valence-electron chi connectivity index (χ3n) is 3.59. The van der Waals surface area contributed by atoms with Gasteiger partial charge in [0, 0.05) is 29.8 Å². The summed E-state index contributed by atoms with van der Waals surface area (Å²) >= 11 is 1.59. The van der Waals surface area contributed by atoms with Crippen molar-refractivity contribution in [3.8, 4) is 11.4 Å². The van der Waals surface area contributed by atoms with Gasteiger partial charge in [0.05, 0.1) is 0 Å². The highest BCUT2D eigenvalue weighted by Crippen LogP contribution is 2.35. The topological polar surface area (TPSA) is 43.6 Å². The summed E-state index contributed by atoms with van der Waals surface area (Å²) < 4.78 is 15.1. The maximum Gasteiger partial charge on any atom is 0.192 e. The Bertz CT molecular complexity index is 815. The van der Waals surface area contributed by atoms with E-state index < -0.39 is 0 Å². The lowest BCUT2D eigenvalue weighted by Gasteiger charge is -2.12. The van der Waals surface area contributed by atoms with Crippen LogP contribution in [-0.4, -0.2) is 19.7 Å². The van der Waals surface area contributed by atoms with Crippen molar-refractivity contribution in [1.82, 2.24) is 19.7 Å². The highest BCUT2D eigenvalue weighted by Gasteiger charge is 2.17. The number of hydrogen-bond acceptors (Lipinski definition) is 4. The van der Waals surface area contributed by atoms with Crippen molar-refractivity contribution in [1.29, 1.82) is 0 Å². The quantitative estimate of drug-likeness (QED) is 0.489. The molecule has 122 valence electrons. The molecule has 0 bridgehead atoms. The molecule has 0 aliphatic carbocycles. The van der Waals surface area contributed by atoms with Crippen LogP contribution in [0.25, 0.3) is 11.4 Å². The molecule has 0 spiro atoms. The predicted octanol–water partition coefficient (Wildman–Crippen LogP) is 4.52. The minimum absolute atomic E-state index is 0.128. The molecule has 2 heterocycles. The highest BCUT2D eigenvalue weighted by atomic mass is 32.2. The van der Waals surface area contributed by atoms with E-state index in [1.807, 2.05) is 22.8 Å². The molecule has 6 heteroatoms. The first-order valence-corrected chi connectivity index (χ1v) is 8.43. The first kappa shape index (κ1) is 16.4. The second-order valence-electron chi connectivity index (χ2n) is 5.25. The molecule has 0 fully saturated rings. The lowest BCUT2D eigenvalue weighted by molar-refractivity contribution is 0.627. The van der Waals surface area contributed by atoms with E-state index in [-0.39, 0.29) is 11.1 Å². The van der Waals surface area contributed by atoms with E-state index in [1.165, 1.54) is 12.1 Å². The predicted molar refractivity (Wildman–Crippen MR) is 94.1 cm³/mol. The Hall–Kier alpha value is -2.47. The number of pyridine rings is 1. The Kier molecular flexibility index (Phi) is 5.05. The van der Waals surface area contributed by atoms with E-state index in [1.54, 1.807) is 36.3 Å². The summed E-state index contributed by atoms with van der Waals surface area (Å²) in [5.41, 5.74) is 2.00. The van der Waals surface area contributed by atoms with Crippen molar-refractivity contribution in [3.63, 3.8) is 0 Å². The van der Waals surface area contributed by atoms with Crippen molar-refractivity contribution in [2.45, 2.75) is 23.9 Å². The Morgan fingerprint density at radius 2 is 1.88 bits per heavy atom. The fourth-order valence-electron chi connectivity index (χ4n) is 2.34. The van der Waals surface area contributed by atoms with Gasteiger partial charge in [-0.05, 0) is 36.8 Å². The fraction of sp³-hybridized carbons (Fsp3) is 0.167. The van der Waals surface area contributed by atoms with Gasteiger partial charge in [-0.2, -0.15) is 0 Å². The monoisotopic (exact) mass is 340 g/mol. The summed E-state index contributed by atoms with van der Waals surface area (Å²) in [5, 5.41) is 9.58. The van der Waals surface area contributed by atoms with Crippen LogP contribution < -0.4 is 0 Å². The third kappa shape index (κ3) is 3.54. The summed E-state index contributed by atoms with van der Waals surface area (Å²) in [7, 11) is 0. The SMILES string of the molecule is C=CCn1c(SC(C)c2ccc(F)cc2)nnc1-c1ccncc1. The number of nitrogens with zero attached hydrogens (tertiary/aromatic N) is 4. The van der Waals surface area contributed by atoms with Gasteiger partial charge in [-0.15, -0.1) is 16.8 Å². The zero-order valence-corrected chi connectivity index (χ0v) is 14.1. The van der Waals surface area contributed by atoms with Gasteiger partial charge in [-0.3, -0.25) is 9.55 Å². The molecule has 0 radical (unpaired) electrons. The molecule has 0 amide bonds. The zero-order chi connectivity index (χ0) is 16.9. The molecule has 2 aromatic heterocycles. The van der Waals surface area contributed by atoms with E-state index in [0.717, 1.165) is 22.1 Å². The van der Waals surface area contributed by atoms with Gasteiger partial charge in [0.15, 0.2) is 11.0 Å². The fourth-order valence-corrected chi connectivity index (χ4v) is 3.33. The first-order valence-electron chi connectivity index (χ1n) is 7.55. The summed E-state index contributed by atoms with van der Waals surface area (Å²) in [6, 6.07) is 10.4. The van der Waals surface area contributed by atoms with Crippen LogP contribution in [0.5, 0.6) is 0 Å². The lowest BCUT2D eigenvalue weighted by Crippen LogP contribution is -2.01. The first-order chi connectivity index (χ1) is 11.7. The molecule has 0 N–H and O–H groups in total. The van der Waals surface area contributed by atoms with Crippen LogP contribution in [0.1, 0.15) is 17.7 Å². The van der Waals surface area contributed by atoms with Gasteiger partial charge >= 0.3 is 0 Å². The Labute approximate surface area is 144 Å². The number of hydrogen-bond donors (Lipinski definition) is 0. The van der Waals surface area contributed by atoms with Gasteiger partial charge < -0.3 is 0 Å². The van der Waals surface area contributed by atoms with Crippen molar-refractivity contribution in [2.75, 3.05) is 0 Å². The average Bonchev–Trinajstić information content (AvgIpc) is 2.99. The number of thioether (sulfide) groups is 1. The minimum Gasteiger partial charge on any atom is -0.298 e. The molecular formula is C18H17FN4S. The van der Waals surface area contributed by atoms with Gasteiger partial charge in [-0.1, -0.05) is 30.0 Å². The number of halogens is 1. The van der Waals surface area contributed by atoms with Crippen LogP contribution in [0, 0.1) is 5.82 Å².